The van der Waals surface area contributed by atoms with Gasteiger partial charge in [0.2, 0.25) is 0 Å². The van der Waals surface area contributed by atoms with Gasteiger partial charge in [0.25, 0.3) is 11.6 Å². The second-order valence-corrected chi connectivity index (χ2v) is 10.1. The van der Waals surface area contributed by atoms with Crippen LogP contribution in [0.1, 0.15) is 16.7 Å². The lowest BCUT2D eigenvalue weighted by molar-refractivity contribution is -0.384. The molecule has 0 atom stereocenters. The largest absolute Gasteiger partial charge is 0.488 e. The lowest BCUT2D eigenvalue weighted by atomic mass is 10.1. The Labute approximate surface area is 221 Å². The Kier molecular flexibility index (Phi) is 7.48. The van der Waals surface area contributed by atoms with E-state index >= 15 is 0 Å². The number of anilines is 1. The molecular weight excluding hydrogens is 581 g/mol. The predicted molar refractivity (Wildman–Crippen MR) is 139 cm³/mol. The highest BCUT2D eigenvalue weighted by Crippen LogP contribution is 2.39. The number of benzene rings is 3. The van der Waals surface area contributed by atoms with E-state index in [4.69, 9.17) is 17.0 Å². The molecule has 1 amide bonds. The zero-order valence-electron chi connectivity index (χ0n) is 18.0. The molecule has 4 rings (SSSR count). The van der Waals surface area contributed by atoms with E-state index in [0.717, 1.165) is 28.8 Å². The van der Waals surface area contributed by atoms with Crippen LogP contribution in [0.5, 0.6) is 5.75 Å². The van der Waals surface area contributed by atoms with Crippen LogP contribution < -0.4 is 9.64 Å². The van der Waals surface area contributed by atoms with Crippen LogP contribution in [0.4, 0.5) is 24.5 Å². The highest BCUT2D eigenvalue weighted by molar-refractivity contribution is 9.10. The maximum absolute atomic E-state index is 13.1. The topological polar surface area (TPSA) is 72.7 Å². The highest BCUT2D eigenvalue weighted by atomic mass is 79.9. The van der Waals surface area contributed by atoms with Gasteiger partial charge in [-0.25, -0.2) is 0 Å². The summed E-state index contributed by atoms with van der Waals surface area (Å²) in [6.07, 6.45) is -3.00. The molecular formula is C24H14BrF3N2O4S2. The molecule has 3 aromatic carbocycles. The number of rotatable bonds is 6. The number of carbonyl (C=O) groups excluding carboxylic acids is 1. The first kappa shape index (κ1) is 25.9. The van der Waals surface area contributed by atoms with Gasteiger partial charge >= 0.3 is 6.18 Å². The summed E-state index contributed by atoms with van der Waals surface area (Å²) in [5, 5.41) is 10.8. The minimum Gasteiger partial charge on any atom is -0.488 e. The number of halogens is 4. The number of ether oxygens (including phenoxy) is 1. The molecule has 1 aliphatic rings. The molecule has 36 heavy (non-hydrogen) atoms. The van der Waals surface area contributed by atoms with Crippen molar-refractivity contribution in [2.24, 2.45) is 0 Å². The number of thiocarbonyl (C=S) groups is 1. The van der Waals surface area contributed by atoms with E-state index in [-0.39, 0.29) is 27.2 Å². The van der Waals surface area contributed by atoms with Gasteiger partial charge in [-0.3, -0.25) is 19.8 Å². The van der Waals surface area contributed by atoms with Crippen LogP contribution in [-0.4, -0.2) is 15.2 Å². The Morgan fingerprint density at radius 2 is 1.83 bits per heavy atom. The van der Waals surface area contributed by atoms with Crippen LogP contribution in [-0.2, 0) is 17.6 Å². The summed E-state index contributed by atoms with van der Waals surface area (Å²) in [5.41, 5.74) is 0.346. The zero-order chi connectivity index (χ0) is 26.0. The van der Waals surface area contributed by atoms with E-state index < -0.39 is 22.6 Å². The summed E-state index contributed by atoms with van der Waals surface area (Å²) in [6, 6.07) is 15.5. The van der Waals surface area contributed by atoms with Crippen molar-refractivity contribution >= 4 is 67.6 Å². The number of hydrogen-bond donors (Lipinski definition) is 0. The minimum atomic E-state index is -4.56. The predicted octanol–water partition coefficient (Wildman–Crippen LogP) is 7.36. The number of nitrogens with zero attached hydrogens (tertiary/aromatic N) is 2. The average Bonchev–Trinajstić information content (AvgIpc) is 3.11. The summed E-state index contributed by atoms with van der Waals surface area (Å²) in [7, 11) is 0. The molecule has 0 radical (unpaired) electrons. The third-order valence-electron chi connectivity index (χ3n) is 5.03. The van der Waals surface area contributed by atoms with Crippen molar-refractivity contribution in [3.63, 3.8) is 0 Å². The average molecular weight is 595 g/mol. The van der Waals surface area contributed by atoms with Gasteiger partial charge in [-0.1, -0.05) is 46.0 Å². The fourth-order valence-electron chi connectivity index (χ4n) is 3.29. The van der Waals surface area contributed by atoms with Crippen LogP contribution in [0.15, 0.2) is 76.1 Å². The molecule has 184 valence electrons. The molecule has 0 N–H and O–H groups in total. The number of amides is 1. The Morgan fingerprint density at radius 3 is 2.50 bits per heavy atom. The number of alkyl halides is 3. The highest BCUT2D eigenvalue weighted by Gasteiger charge is 2.36. The van der Waals surface area contributed by atoms with Gasteiger partial charge in [0, 0.05) is 22.2 Å². The first-order valence-electron chi connectivity index (χ1n) is 10.1. The van der Waals surface area contributed by atoms with Crippen LogP contribution in [0, 0.1) is 10.1 Å². The molecule has 0 aromatic heterocycles. The number of hydrogen-bond acceptors (Lipinski definition) is 6. The van der Waals surface area contributed by atoms with Crippen LogP contribution in [0.3, 0.4) is 0 Å². The molecule has 0 spiro atoms. The Balaban J connectivity index is 1.58. The smallest absolute Gasteiger partial charge is 0.416 e. The Morgan fingerprint density at radius 1 is 1.11 bits per heavy atom. The minimum absolute atomic E-state index is 0.0274. The van der Waals surface area contributed by atoms with Gasteiger partial charge in [-0.15, -0.1) is 0 Å². The van der Waals surface area contributed by atoms with E-state index in [0.29, 0.717) is 21.3 Å². The van der Waals surface area contributed by atoms with Crippen molar-refractivity contribution in [1.82, 2.24) is 0 Å². The summed E-state index contributed by atoms with van der Waals surface area (Å²) in [5.74, 6) is -0.119. The summed E-state index contributed by atoms with van der Waals surface area (Å²) in [6.45, 7) is 0.117. The van der Waals surface area contributed by atoms with E-state index in [2.05, 4.69) is 15.9 Å². The molecule has 3 aromatic rings. The van der Waals surface area contributed by atoms with Crippen molar-refractivity contribution in [1.29, 1.82) is 0 Å². The molecule has 1 saturated heterocycles. The summed E-state index contributed by atoms with van der Waals surface area (Å²) >= 11 is 9.64. The van der Waals surface area contributed by atoms with Gasteiger partial charge in [-0.05, 0) is 60.2 Å². The normalized spacial score (nSPS) is 15.0. The molecule has 1 heterocycles. The molecule has 0 aliphatic carbocycles. The van der Waals surface area contributed by atoms with Gasteiger partial charge in [0.15, 0.2) is 4.32 Å². The number of nitro benzene ring substituents is 1. The van der Waals surface area contributed by atoms with Crippen LogP contribution in [0.25, 0.3) is 6.08 Å². The van der Waals surface area contributed by atoms with E-state index in [9.17, 15) is 28.1 Å². The second-order valence-electron chi connectivity index (χ2n) is 7.46. The fraction of sp³-hybridized carbons (Fsp3) is 0.0833. The summed E-state index contributed by atoms with van der Waals surface area (Å²) in [4.78, 5) is 24.7. The van der Waals surface area contributed by atoms with Crippen molar-refractivity contribution in [3.8, 4) is 5.75 Å². The standard InChI is InChI=1S/C24H14BrF3N2O4S2/c25-17-6-9-20(34-13-14-4-7-18(8-5-14)30(32)33)15(10-17)11-21-22(31)29(23(35)36-21)19-3-1-2-16(12-19)24(26,27)28/h1-12H,13H2/b21-11+. The van der Waals surface area contributed by atoms with Gasteiger partial charge in [-0.2, -0.15) is 13.2 Å². The lowest BCUT2D eigenvalue weighted by Gasteiger charge is -2.16. The fourth-order valence-corrected chi connectivity index (χ4v) is 4.96. The van der Waals surface area contributed by atoms with Crippen molar-refractivity contribution in [2.75, 3.05) is 4.90 Å². The van der Waals surface area contributed by atoms with Crippen molar-refractivity contribution < 1.29 is 27.6 Å². The van der Waals surface area contributed by atoms with Gasteiger partial charge in [0.1, 0.15) is 12.4 Å². The number of carbonyl (C=O) groups is 1. The molecule has 0 bridgehead atoms. The SMILES string of the molecule is O=C1/C(=C\c2cc(Br)ccc2OCc2ccc([N+](=O)[O-])cc2)SC(=S)N1c1cccc(C(F)(F)F)c1. The monoisotopic (exact) mass is 594 g/mol. The quantitative estimate of drug-likeness (QED) is 0.128. The molecule has 0 unspecified atom stereocenters. The lowest BCUT2D eigenvalue weighted by Crippen LogP contribution is -2.27. The van der Waals surface area contributed by atoms with Crippen LogP contribution in [0.2, 0.25) is 0 Å². The number of thioether (sulfide) groups is 1. The first-order chi connectivity index (χ1) is 17.0. The first-order valence-corrected chi connectivity index (χ1v) is 12.2. The van der Waals surface area contributed by atoms with Crippen molar-refractivity contribution in [2.45, 2.75) is 12.8 Å². The molecule has 12 heteroatoms. The zero-order valence-corrected chi connectivity index (χ0v) is 21.2. The molecule has 1 fully saturated rings. The maximum Gasteiger partial charge on any atom is 0.416 e. The van der Waals surface area contributed by atoms with Crippen LogP contribution >= 0.6 is 39.9 Å². The third kappa shape index (κ3) is 5.77. The molecule has 0 saturated carbocycles. The van der Waals surface area contributed by atoms with E-state index in [1.54, 1.807) is 36.4 Å². The number of nitro groups is 1. The van der Waals surface area contributed by atoms with E-state index in [1.807, 2.05) is 0 Å². The second kappa shape index (κ2) is 10.4. The van der Waals surface area contributed by atoms with Gasteiger partial charge < -0.3 is 4.74 Å². The molecule has 6 nitrogen and oxygen atoms in total. The molecule has 1 aliphatic heterocycles. The summed E-state index contributed by atoms with van der Waals surface area (Å²) < 4.78 is 46.1. The van der Waals surface area contributed by atoms with E-state index in [1.165, 1.54) is 24.3 Å². The Hall–Kier alpha value is -3.22. The Bertz CT molecular complexity index is 1390. The number of non-ortho nitro benzene ring substituents is 1. The van der Waals surface area contributed by atoms with Gasteiger partial charge in [0.05, 0.1) is 21.1 Å². The third-order valence-corrected chi connectivity index (χ3v) is 6.82. The maximum atomic E-state index is 13.1. The van der Waals surface area contributed by atoms with Crippen molar-refractivity contribution in [3.05, 3.63) is 103 Å².